The fourth-order valence-corrected chi connectivity index (χ4v) is 2.54. The lowest BCUT2D eigenvalue weighted by Crippen LogP contribution is -2.06. The summed E-state index contributed by atoms with van der Waals surface area (Å²) in [6.45, 7) is 3.35. The van der Waals surface area contributed by atoms with Gasteiger partial charge in [0.1, 0.15) is 5.82 Å². The highest BCUT2D eigenvalue weighted by molar-refractivity contribution is 5.79. The predicted molar refractivity (Wildman–Crippen MR) is 78.0 cm³/mol. The molecule has 1 aromatic carbocycles. The van der Waals surface area contributed by atoms with E-state index in [4.69, 9.17) is 0 Å². The molecule has 98 valence electrons. The van der Waals surface area contributed by atoms with Crippen molar-refractivity contribution in [3.63, 3.8) is 0 Å². The number of aromatic nitrogens is 3. The van der Waals surface area contributed by atoms with Crippen LogP contribution in [0.1, 0.15) is 19.2 Å². The number of nitrogens with zero attached hydrogens (tertiary/aromatic N) is 2. The molecule has 3 aromatic rings. The molecular weight excluding hydrogens is 234 g/mol. The Morgan fingerprint density at radius 1 is 1.26 bits per heavy atom. The SMILES string of the molecule is CC(CCn1ccc2ccccc21)Cc1ncc[nH]1. The van der Waals surface area contributed by atoms with Crippen LogP contribution in [-0.2, 0) is 13.0 Å². The fourth-order valence-electron chi connectivity index (χ4n) is 2.54. The summed E-state index contributed by atoms with van der Waals surface area (Å²) >= 11 is 0. The third-order valence-electron chi connectivity index (χ3n) is 3.64. The van der Waals surface area contributed by atoms with Crippen molar-refractivity contribution in [2.75, 3.05) is 0 Å². The molecule has 3 nitrogen and oxygen atoms in total. The summed E-state index contributed by atoms with van der Waals surface area (Å²) in [4.78, 5) is 7.46. The number of benzene rings is 1. The van der Waals surface area contributed by atoms with Crippen molar-refractivity contribution in [3.05, 3.63) is 54.7 Å². The minimum Gasteiger partial charge on any atom is -0.349 e. The molecule has 0 aliphatic rings. The average Bonchev–Trinajstić information content (AvgIpc) is 3.05. The molecule has 0 radical (unpaired) electrons. The van der Waals surface area contributed by atoms with Gasteiger partial charge in [0.15, 0.2) is 0 Å². The van der Waals surface area contributed by atoms with Crippen molar-refractivity contribution in [2.24, 2.45) is 5.92 Å². The Kier molecular flexibility index (Phi) is 3.36. The molecule has 1 atom stereocenters. The van der Waals surface area contributed by atoms with Crippen LogP contribution in [0.15, 0.2) is 48.9 Å². The van der Waals surface area contributed by atoms with Gasteiger partial charge in [0.05, 0.1) is 0 Å². The van der Waals surface area contributed by atoms with Crippen LogP contribution in [0.25, 0.3) is 10.9 Å². The van der Waals surface area contributed by atoms with Gasteiger partial charge in [-0.25, -0.2) is 4.98 Å². The zero-order valence-corrected chi connectivity index (χ0v) is 11.2. The number of aromatic amines is 1. The number of fused-ring (bicyclic) bond motifs is 1. The molecule has 0 saturated carbocycles. The van der Waals surface area contributed by atoms with Crippen molar-refractivity contribution in [1.29, 1.82) is 0 Å². The number of imidazole rings is 1. The van der Waals surface area contributed by atoms with E-state index in [0.717, 1.165) is 18.8 Å². The van der Waals surface area contributed by atoms with Gasteiger partial charge in [-0.2, -0.15) is 0 Å². The molecule has 0 saturated heterocycles. The van der Waals surface area contributed by atoms with E-state index in [-0.39, 0.29) is 0 Å². The molecule has 19 heavy (non-hydrogen) atoms. The van der Waals surface area contributed by atoms with Gasteiger partial charge in [0.2, 0.25) is 0 Å². The van der Waals surface area contributed by atoms with Crippen LogP contribution in [0.2, 0.25) is 0 Å². The normalized spacial score (nSPS) is 12.9. The maximum absolute atomic E-state index is 4.29. The first-order chi connectivity index (χ1) is 9.33. The van der Waals surface area contributed by atoms with E-state index in [0.29, 0.717) is 5.92 Å². The van der Waals surface area contributed by atoms with E-state index >= 15 is 0 Å². The van der Waals surface area contributed by atoms with Crippen molar-refractivity contribution in [3.8, 4) is 0 Å². The second-order valence-corrected chi connectivity index (χ2v) is 5.20. The third kappa shape index (κ3) is 2.70. The summed E-state index contributed by atoms with van der Waals surface area (Å²) < 4.78 is 2.34. The van der Waals surface area contributed by atoms with Crippen molar-refractivity contribution < 1.29 is 0 Å². The Labute approximate surface area is 113 Å². The number of hydrogen-bond donors (Lipinski definition) is 1. The highest BCUT2D eigenvalue weighted by atomic mass is 14.9. The van der Waals surface area contributed by atoms with Gasteiger partial charge in [0, 0.05) is 37.1 Å². The number of rotatable bonds is 5. The molecule has 1 unspecified atom stereocenters. The molecular formula is C16H19N3. The standard InChI is InChI=1S/C16H19N3/c1-13(12-16-17-8-9-18-16)6-10-19-11-7-14-4-2-3-5-15(14)19/h2-5,7-9,11,13H,6,10,12H2,1H3,(H,17,18). The molecule has 0 spiro atoms. The van der Waals surface area contributed by atoms with Crippen LogP contribution in [0, 0.1) is 5.92 Å². The summed E-state index contributed by atoms with van der Waals surface area (Å²) in [7, 11) is 0. The minimum atomic E-state index is 0.632. The van der Waals surface area contributed by atoms with Gasteiger partial charge >= 0.3 is 0 Å². The molecule has 0 aliphatic heterocycles. The smallest absolute Gasteiger partial charge is 0.106 e. The van der Waals surface area contributed by atoms with Crippen molar-refractivity contribution in [1.82, 2.24) is 14.5 Å². The van der Waals surface area contributed by atoms with Gasteiger partial charge in [0.25, 0.3) is 0 Å². The van der Waals surface area contributed by atoms with Crippen molar-refractivity contribution in [2.45, 2.75) is 26.3 Å². The lowest BCUT2D eigenvalue weighted by molar-refractivity contribution is 0.476. The average molecular weight is 253 g/mol. The van der Waals surface area contributed by atoms with Crippen LogP contribution in [0.4, 0.5) is 0 Å². The van der Waals surface area contributed by atoms with Crippen LogP contribution in [0.5, 0.6) is 0 Å². The monoisotopic (exact) mass is 253 g/mol. The molecule has 2 heterocycles. The summed E-state index contributed by atoms with van der Waals surface area (Å²) in [5.41, 5.74) is 1.33. The van der Waals surface area contributed by atoms with Gasteiger partial charge in [-0.05, 0) is 29.9 Å². The van der Waals surface area contributed by atoms with Crippen molar-refractivity contribution >= 4 is 10.9 Å². The molecule has 0 amide bonds. The Morgan fingerprint density at radius 2 is 2.16 bits per heavy atom. The topological polar surface area (TPSA) is 33.6 Å². The molecule has 0 aliphatic carbocycles. The molecule has 3 heteroatoms. The van der Waals surface area contributed by atoms with E-state index in [9.17, 15) is 0 Å². The highest BCUT2D eigenvalue weighted by Gasteiger charge is 2.07. The first kappa shape index (κ1) is 12.0. The van der Waals surface area contributed by atoms with Gasteiger partial charge in [-0.15, -0.1) is 0 Å². The maximum Gasteiger partial charge on any atom is 0.106 e. The van der Waals surface area contributed by atoms with E-state index in [2.05, 4.69) is 58.0 Å². The van der Waals surface area contributed by atoms with E-state index in [1.165, 1.54) is 17.3 Å². The zero-order valence-electron chi connectivity index (χ0n) is 11.2. The summed E-state index contributed by atoms with van der Waals surface area (Å²) in [5, 5.41) is 1.32. The largest absolute Gasteiger partial charge is 0.349 e. The summed E-state index contributed by atoms with van der Waals surface area (Å²) in [6.07, 6.45) is 8.08. The molecule has 0 fully saturated rings. The second-order valence-electron chi connectivity index (χ2n) is 5.20. The minimum absolute atomic E-state index is 0.632. The number of hydrogen-bond acceptors (Lipinski definition) is 1. The van der Waals surface area contributed by atoms with E-state index in [1.54, 1.807) is 0 Å². The lowest BCUT2D eigenvalue weighted by atomic mass is 10.0. The first-order valence-corrected chi connectivity index (χ1v) is 6.85. The van der Waals surface area contributed by atoms with Crippen LogP contribution >= 0.6 is 0 Å². The number of para-hydroxylation sites is 1. The van der Waals surface area contributed by atoms with E-state index in [1.807, 2.05) is 12.4 Å². The van der Waals surface area contributed by atoms with Crippen LogP contribution in [0.3, 0.4) is 0 Å². The Morgan fingerprint density at radius 3 is 3.00 bits per heavy atom. The molecule has 2 aromatic heterocycles. The highest BCUT2D eigenvalue weighted by Crippen LogP contribution is 2.17. The Bertz CT molecular complexity index is 637. The summed E-state index contributed by atoms with van der Waals surface area (Å²) in [5.74, 6) is 1.72. The lowest BCUT2D eigenvalue weighted by Gasteiger charge is -2.11. The number of nitrogens with one attached hydrogen (secondary N) is 1. The third-order valence-corrected chi connectivity index (χ3v) is 3.64. The molecule has 0 bridgehead atoms. The Balaban J connectivity index is 1.62. The number of aryl methyl sites for hydroxylation is 1. The van der Waals surface area contributed by atoms with E-state index < -0.39 is 0 Å². The molecule has 3 rings (SSSR count). The second kappa shape index (κ2) is 5.31. The quantitative estimate of drug-likeness (QED) is 0.740. The van der Waals surface area contributed by atoms with Gasteiger partial charge < -0.3 is 9.55 Å². The van der Waals surface area contributed by atoms with Gasteiger partial charge in [-0.1, -0.05) is 25.1 Å². The number of H-pyrrole nitrogens is 1. The van der Waals surface area contributed by atoms with Crippen LogP contribution < -0.4 is 0 Å². The predicted octanol–water partition coefficient (Wildman–Crippen LogP) is 3.63. The maximum atomic E-state index is 4.29. The zero-order chi connectivity index (χ0) is 13.1. The summed E-state index contributed by atoms with van der Waals surface area (Å²) in [6, 6.07) is 10.7. The van der Waals surface area contributed by atoms with Crippen LogP contribution in [-0.4, -0.2) is 14.5 Å². The first-order valence-electron chi connectivity index (χ1n) is 6.85. The Hall–Kier alpha value is -2.03. The fraction of sp³-hybridized carbons (Fsp3) is 0.312. The van der Waals surface area contributed by atoms with Gasteiger partial charge in [-0.3, -0.25) is 0 Å². The molecule has 1 N–H and O–H groups in total.